The van der Waals surface area contributed by atoms with E-state index < -0.39 is 0 Å². The lowest BCUT2D eigenvalue weighted by Gasteiger charge is -2.37. The van der Waals surface area contributed by atoms with Crippen LogP contribution in [0.2, 0.25) is 0 Å². The Morgan fingerprint density at radius 1 is 1.32 bits per heavy atom. The highest BCUT2D eigenvalue weighted by molar-refractivity contribution is 5.58. The minimum Gasteiger partial charge on any atom is -0.316 e. The summed E-state index contributed by atoms with van der Waals surface area (Å²) in [5.41, 5.74) is 2.79. The Morgan fingerprint density at radius 3 is 3.11 bits per heavy atom. The first-order valence-corrected chi connectivity index (χ1v) is 6.63. The molecule has 1 saturated heterocycles. The largest absolute Gasteiger partial charge is 0.316 e. The molecule has 0 aliphatic carbocycles. The van der Waals surface area contributed by atoms with Gasteiger partial charge in [0.2, 0.25) is 0 Å². The van der Waals surface area contributed by atoms with Crippen LogP contribution >= 0.6 is 0 Å². The van der Waals surface area contributed by atoms with Crippen LogP contribution in [0.4, 0.5) is 0 Å². The van der Waals surface area contributed by atoms with Crippen LogP contribution in [-0.4, -0.2) is 33.1 Å². The third-order valence-corrected chi connectivity index (χ3v) is 4.17. The molecule has 4 rings (SSSR count). The molecule has 2 aliphatic rings. The average Bonchev–Trinajstić information content (AvgIpc) is 2.94. The van der Waals surface area contributed by atoms with Crippen molar-refractivity contribution >= 4 is 0 Å². The third kappa shape index (κ3) is 1.71. The zero-order valence-electron chi connectivity index (χ0n) is 10.5. The summed E-state index contributed by atoms with van der Waals surface area (Å²) in [6, 6.07) is 3.75. The van der Waals surface area contributed by atoms with Gasteiger partial charge in [0.05, 0.1) is 6.20 Å². The van der Waals surface area contributed by atoms with Gasteiger partial charge in [-0.2, -0.15) is 15.4 Å². The summed E-state index contributed by atoms with van der Waals surface area (Å²) in [6.07, 6.45) is 2.82. The molecule has 0 radical (unpaired) electrons. The Morgan fingerprint density at radius 2 is 2.26 bits per heavy atom. The second-order valence-corrected chi connectivity index (χ2v) is 5.43. The van der Waals surface area contributed by atoms with Gasteiger partial charge in [-0.15, -0.1) is 0 Å². The summed E-state index contributed by atoms with van der Waals surface area (Å²) < 4.78 is 1.93. The van der Waals surface area contributed by atoms with Crippen molar-refractivity contribution in [1.82, 2.24) is 25.3 Å². The van der Waals surface area contributed by atoms with Crippen LogP contribution in [-0.2, 0) is 6.54 Å². The van der Waals surface area contributed by atoms with E-state index >= 15 is 0 Å². The van der Waals surface area contributed by atoms with Gasteiger partial charge in [0.15, 0.2) is 0 Å². The van der Waals surface area contributed by atoms with Crippen LogP contribution in [0.3, 0.4) is 0 Å². The van der Waals surface area contributed by atoms with Crippen LogP contribution in [0.1, 0.15) is 18.0 Å². The van der Waals surface area contributed by atoms with Crippen molar-refractivity contribution in [2.24, 2.45) is 5.92 Å². The van der Waals surface area contributed by atoms with Crippen LogP contribution in [0.5, 0.6) is 0 Å². The number of nitrogens with zero attached hydrogens (tertiary/aromatic N) is 3. The van der Waals surface area contributed by atoms with Crippen LogP contribution in [0.25, 0.3) is 11.3 Å². The maximum atomic E-state index is 12.3. The van der Waals surface area contributed by atoms with Gasteiger partial charge in [0.1, 0.15) is 5.69 Å². The number of piperidine rings is 1. The predicted octanol–water partition coefficient (Wildman–Crippen LogP) is 0.340. The fourth-order valence-electron chi connectivity index (χ4n) is 3.29. The molecule has 2 bridgehead atoms. The summed E-state index contributed by atoms with van der Waals surface area (Å²) in [4.78, 5) is 12.3. The highest BCUT2D eigenvalue weighted by Gasteiger charge is 2.31. The van der Waals surface area contributed by atoms with Crippen molar-refractivity contribution in [2.75, 3.05) is 13.1 Å². The molecule has 4 heterocycles. The summed E-state index contributed by atoms with van der Waals surface area (Å²) in [5, 5.41) is 13.9. The van der Waals surface area contributed by atoms with Gasteiger partial charge in [-0.25, -0.2) is 0 Å². The van der Waals surface area contributed by atoms with E-state index in [1.807, 2.05) is 4.57 Å². The van der Waals surface area contributed by atoms with Crippen molar-refractivity contribution in [1.29, 1.82) is 0 Å². The molecule has 2 aromatic heterocycles. The predicted molar refractivity (Wildman–Crippen MR) is 69.8 cm³/mol. The highest BCUT2D eigenvalue weighted by atomic mass is 16.1. The van der Waals surface area contributed by atoms with E-state index in [9.17, 15) is 4.79 Å². The molecular weight excluding hydrogens is 242 g/mol. The minimum absolute atomic E-state index is 0.0760. The van der Waals surface area contributed by atoms with Gasteiger partial charge in [-0.3, -0.25) is 4.79 Å². The summed E-state index contributed by atoms with van der Waals surface area (Å²) in [7, 11) is 0. The van der Waals surface area contributed by atoms with Crippen molar-refractivity contribution in [3.05, 3.63) is 34.4 Å². The van der Waals surface area contributed by atoms with E-state index in [0.717, 1.165) is 36.6 Å². The molecule has 6 nitrogen and oxygen atoms in total. The monoisotopic (exact) mass is 257 g/mol. The van der Waals surface area contributed by atoms with Gasteiger partial charge < -0.3 is 9.88 Å². The zero-order chi connectivity index (χ0) is 12.8. The van der Waals surface area contributed by atoms with Gasteiger partial charge in [0, 0.05) is 36.3 Å². The molecule has 0 saturated carbocycles. The Labute approximate surface area is 109 Å². The second-order valence-electron chi connectivity index (χ2n) is 5.43. The molecular formula is C13H15N5O. The fraction of sp³-hybridized carbons (Fsp3) is 0.462. The molecule has 0 amide bonds. The van der Waals surface area contributed by atoms with Gasteiger partial charge in [-0.1, -0.05) is 0 Å². The molecule has 1 unspecified atom stereocenters. The first-order valence-electron chi connectivity index (χ1n) is 6.63. The van der Waals surface area contributed by atoms with Gasteiger partial charge >= 0.3 is 0 Å². The first kappa shape index (κ1) is 10.9. The topological polar surface area (TPSA) is 75.6 Å². The van der Waals surface area contributed by atoms with Crippen LogP contribution in [0.15, 0.2) is 23.1 Å². The summed E-state index contributed by atoms with van der Waals surface area (Å²) in [5.74, 6) is 1.02. The van der Waals surface area contributed by atoms with Gasteiger partial charge in [0.25, 0.3) is 5.56 Å². The molecule has 6 heteroatoms. The van der Waals surface area contributed by atoms with E-state index in [4.69, 9.17) is 0 Å². The number of aromatic amines is 1. The fourth-order valence-corrected chi connectivity index (χ4v) is 3.29. The SMILES string of the molecule is O=c1cc(-c2cn[nH]n2)cc2n1CC1CNC[C@@H]2C1. The molecule has 19 heavy (non-hydrogen) atoms. The van der Waals surface area contributed by atoms with E-state index in [1.54, 1.807) is 12.3 Å². The molecule has 2 aromatic rings. The van der Waals surface area contributed by atoms with Gasteiger partial charge in [-0.05, 0) is 24.9 Å². The summed E-state index contributed by atoms with van der Waals surface area (Å²) in [6.45, 7) is 2.81. The minimum atomic E-state index is 0.0760. The molecule has 2 N–H and O–H groups in total. The first-order chi connectivity index (χ1) is 9.31. The van der Waals surface area contributed by atoms with Crippen LogP contribution < -0.4 is 10.9 Å². The number of rotatable bonds is 1. The highest BCUT2D eigenvalue weighted by Crippen LogP contribution is 2.33. The number of nitrogens with one attached hydrogen (secondary N) is 2. The lowest BCUT2D eigenvalue weighted by Crippen LogP contribution is -2.44. The molecule has 1 fully saturated rings. The second kappa shape index (κ2) is 4.03. The Bertz CT molecular complexity index is 660. The Kier molecular flexibility index (Phi) is 2.32. The van der Waals surface area contributed by atoms with Crippen molar-refractivity contribution < 1.29 is 0 Å². The Hall–Kier alpha value is -1.95. The van der Waals surface area contributed by atoms with Crippen molar-refractivity contribution in [3.8, 4) is 11.3 Å². The Balaban J connectivity index is 1.87. The zero-order valence-corrected chi connectivity index (χ0v) is 10.5. The standard InChI is InChI=1S/C13H15N5O/c19-13-3-9(11-6-15-17-16-11)2-12-10-1-8(4-14-5-10)7-18(12)13/h2-3,6,8,10,14H,1,4-5,7H2,(H,15,16,17)/t8?,10-/m0/s1. The van der Waals surface area contributed by atoms with Crippen molar-refractivity contribution in [3.63, 3.8) is 0 Å². The van der Waals surface area contributed by atoms with E-state index in [-0.39, 0.29) is 5.56 Å². The van der Waals surface area contributed by atoms with E-state index in [1.165, 1.54) is 6.42 Å². The number of pyridine rings is 1. The summed E-state index contributed by atoms with van der Waals surface area (Å²) >= 11 is 0. The third-order valence-electron chi connectivity index (χ3n) is 4.17. The number of H-pyrrole nitrogens is 1. The lowest BCUT2D eigenvalue weighted by molar-refractivity contribution is 0.257. The molecule has 98 valence electrons. The number of hydrogen-bond acceptors (Lipinski definition) is 4. The van der Waals surface area contributed by atoms with E-state index in [0.29, 0.717) is 11.8 Å². The molecule has 2 aliphatic heterocycles. The normalized spacial score (nSPS) is 25.1. The van der Waals surface area contributed by atoms with E-state index in [2.05, 4.69) is 26.8 Å². The molecule has 0 aromatic carbocycles. The molecule has 0 spiro atoms. The smallest absolute Gasteiger partial charge is 0.251 e. The maximum absolute atomic E-state index is 12.3. The number of hydrogen-bond donors (Lipinski definition) is 2. The average molecular weight is 257 g/mol. The van der Waals surface area contributed by atoms with Crippen molar-refractivity contribution in [2.45, 2.75) is 18.9 Å². The number of fused-ring (bicyclic) bond motifs is 4. The van der Waals surface area contributed by atoms with Crippen LogP contribution in [0, 0.1) is 5.92 Å². The molecule has 2 atom stereocenters. The maximum Gasteiger partial charge on any atom is 0.251 e. The number of aromatic nitrogens is 4. The quantitative estimate of drug-likeness (QED) is 0.772. The lowest BCUT2D eigenvalue weighted by atomic mass is 9.84.